The van der Waals surface area contributed by atoms with Crippen LogP contribution in [0.15, 0.2) is 45.0 Å². The summed E-state index contributed by atoms with van der Waals surface area (Å²) in [4.78, 5) is 28.7. The Bertz CT molecular complexity index is 779. The second-order valence-electron chi connectivity index (χ2n) is 4.59. The average molecular weight is 347 g/mol. The fourth-order valence-corrected chi connectivity index (χ4v) is 3.10. The van der Waals surface area contributed by atoms with E-state index in [1.165, 1.54) is 28.9 Å². The monoisotopic (exact) mass is 347 g/mol. The van der Waals surface area contributed by atoms with E-state index >= 15 is 0 Å². The molecule has 3 heterocycles. The Morgan fingerprint density at radius 1 is 1.22 bits per heavy atom. The first kappa shape index (κ1) is 15.4. The van der Waals surface area contributed by atoms with Gasteiger partial charge in [-0.05, 0) is 22.9 Å². The van der Waals surface area contributed by atoms with Crippen molar-refractivity contribution in [3.8, 4) is 10.8 Å². The number of thiophene rings is 2. The Labute approximate surface area is 140 Å². The third-order valence-electron chi connectivity index (χ3n) is 2.94. The predicted octanol–water partition coefficient (Wildman–Crippen LogP) is 2.51. The van der Waals surface area contributed by atoms with Crippen molar-refractivity contribution in [2.24, 2.45) is 0 Å². The zero-order valence-corrected chi connectivity index (χ0v) is 13.6. The van der Waals surface area contributed by atoms with E-state index in [2.05, 4.69) is 15.6 Å². The molecule has 118 valence electrons. The number of rotatable bonds is 6. The molecular weight excluding hydrogens is 334 g/mol. The van der Waals surface area contributed by atoms with Gasteiger partial charge in [-0.2, -0.15) is 11.3 Å². The van der Waals surface area contributed by atoms with Gasteiger partial charge in [-0.15, -0.1) is 11.3 Å². The summed E-state index contributed by atoms with van der Waals surface area (Å²) in [6, 6.07) is 5.54. The summed E-state index contributed by atoms with van der Waals surface area (Å²) in [6.07, 6.45) is 1.51. The van der Waals surface area contributed by atoms with Crippen molar-refractivity contribution in [2.45, 2.75) is 6.54 Å². The lowest BCUT2D eigenvalue weighted by Gasteiger charge is -2.04. The van der Waals surface area contributed by atoms with Gasteiger partial charge in [-0.25, -0.2) is 4.98 Å². The van der Waals surface area contributed by atoms with Crippen LogP contribution in [0, 0.1) is 0 Å². The summed E-state index contributed by atoms with van der Waals surface area (Å²) < 4.78 is 5.37. The summed E-state index contributed by atoms with van der Waals surface area (Å²) >= 11 is 2.97. The zero-order chi connectivity index (χ0) is 16.1. The van der Waals surface area contributed by atoms with E-state index in [0.717, 1.165) is 4.88 Å². The third kappa shape index (κ3) is 4.05. The van der Waals surface area contributed by atoms with Crippen molar-refractivity contribution in [1.82, 2.24) is 15.6 Å². The number of hydrogen-bond acceptors (Lipinski definition) is 6. The molecule has 0 atom stereocenters. The van der Waals surface area contributed by atoms with Crippen LogP contribution in [0.2, 0.25) is 0 Å². The SMILES string of the molecule is O=C(CNC(=O)c1ccsc1)NCc1coc(-c2cccs2)n1. The molecule has 3 aromatic rings. The minimum atomic E-state index is -0.283. The molecule has 2 N–H and O–H groups in total. The minimum absolute atomic E-state index is 0.0791. The van der Waals surface area contributed by atoms with E-state index in [-0.39, 0.29) is 24.9 Å². The Kier molecular flexibility index (Phi) is 4.84. The van der Waals surface area contributed by atoms with Crippen LogP contribution in [-0.2, 0) is 11.3 Å². The fourth-order valence-electron chi connectivity index (χ4n) is 1.81. The second-order valence-corrected chi connectivity index (χ2v) is 6.32. The van der Waals surface area contributed by atoms with Gasteiger partial charge in [0, 0.05) is 10.9 Å². The number of carbonyl (C=O) groups excluding carboxylic acids is 2. The van der Waals surface area contributed by atoms with Crippen molar-refractivity contribution in [1.29, 1.82) is 0 Å². The van der Waals surface area contributed by atoms with Gasteiger partial charge in [0.25, 0.3) is 5.91 Å². The van der Waals surface area contributed by atoms with Crippen LogP contribution in [0.5, 0.6) is 0 Å². The highest BCUT2D eigenvalue weighted by molar-refractivity contribution is 7.13. The first-order valence-corrected chi connectivity index (χ1v) is 8.60. The molecule has 0 radical (unpaired) electrons. The van der Waals surface area contributed by atoms with Crippen LogP contribution in [0.25, 0.3) is 10.8 Å². The molecule has 0 fully saturated rings. The van der Waals surface area contributed by atoms with Crippen molar-refractivity contribution in [2.75, 3.05) is 6.54 Å². The second kappa shape index (κ2) is 7.21. The van der Waals surface area contributed by atoms with Gasteiger partial charge < -0.3 is 15.1 Å². The zero-order valence-electron chi connectivity index (χ0n) is 11.9. The number of nitrogens with one attached hydrogen (secondary N) is 2. The first-order chi connectivity index (χ1) is 11.2. The van der Waals surface area contributed by atoms with Gasteiger partial charge in [0.1, 0.15) is 6.26 Å². The third-order valence-corrected chi connectivity index (χ3v) is 4.48. The van der Waals surface area contributed by atoms with E-state index in [1.54, 1.807) is 11.4 Å². The van der Waals surface area contributed by atoms with Gasteiger partial charge in [0.15, 0.2) is 0 Å². The number of hydrogen-bond donors (Lipinski definition) is 2. The normalized spacial score (nSPS) is 10.4. The van der Waals surface area contributed by atoms with E-state index in [9.17, 15) is 9.59 Å². The van der Waals surface area contributed by atoms with Gasteiger partial charge in [0.05, 0.1) is 23.7 Å². The van der Waals surface area contributed by atoms with Crippen LogP contribution >= 0.6 is 22.7 Å². The molecule has 0 aromatic carbocycles. The molecule has 6 nitrogen and oxygen atoms in total. The largest absolute Gasteiger partial charge is 0.443 e. The van der Waals surface area contributed by atoms with Crippen molar-refractivity contribution in [3.63, 3.8) is 0 Å². The summed E-state index contributed by atoms with van der Waals surface area (Å²) in [7, 11) is 0. The van der Waals surface area contributed by atoms with E-state index < -0.39 is 0 Å². The van der Waals surface area contributed by atoms with Crippen LogP contribution in [-0.4, -0.2) is 23.3 Å². The van der Waals surface area contributed by atoms with Crippen molar-refractivity contribution >= 4 is 34.5 Å². The summed E-state index contributed by atoms with van der Waals surface area (Å²) in [5, 5.41) is 10.7. The molecule has 0 unspecified atom stereocenters. The molecule has 0 saturated heterocycles. The molecular formula is C15H13N3O3S2. The molecule has 3 rings (SSSR count). The van der Waals surface area contributed by atoms with Gasteiger partial charge in [-0.1, -0.05) is 6.07 Å². The van der Waals surface area contributed by atoms with Crippen LogP contribution in [0.4, 0.5) is 0 Å². The quantitative estimate of drug-likeness (QED) is 0.717. The molecule has 8 heteroatoms. The number of nitrogens with zero attached hydrogens (tertiary/aromatic N) is 1. The molecule has 0 spiro atoms. The predicted molar refractivity (Wildman–Crippen MR) is 88.3 cm³/mol. The Morgan fingerprint density at radius 3 is 2.87 bits per heavy atom. The Hall–Kier alpha value is -2.45. The lowest BCUT2D eigenvalue weighted by molar-refractivity contribution is -0.120. The standard InChI is InChI=1S/C15H13N3O3S2/c19-13(7-17-14(20)10-3-5-22-9-10)16-6-11-8-21-15(18-11)12-2-1-4-23-12/h1-5,8-9H,6-7H2,(H,16,19)(H,17,20). The molecule has 0 aliphatic rings. The maximum Gasteiger partial charge on any atom is 0.252 e. The van der Waals surface area contributed by atoms with Crippen LogP contribution < -0.4 is 10.6 Å². The number of aromatic nitrogens is 1. The van der Waals surface area contributed by atoms with Crippen molar-refractivity contribution < 1.29 is 14.0 Å². The highest BCUT2D eigenvalue weighted by atomic mass is 32.1. The highest BCUT2D eigenvalue weighted by Gasteiger charge is 2.10. The molecule has 2 amide bonds. The number of oxazole rings is 1. The number of carbonyl (C=O) groups is 2. The molecule has 0 aliphatic heterocycles. The molecule has 3 aromatic heterocycles. The lowest BCUT2D eigenvalue weighted by Crippen LogP contribution is -2.36. The first-order valence-electron chi connectivity index (χ1n) is 6.78. The maximum atomic E-state index is 11.7. The Morgan fingerprint density at radius 2 is 2.13 bits per heavy atom. The van der Waals surface area contributed by atoms with Gasteiger partial charge in [0.2, 0.25) is 11.8 Å². The minimum Gasteiger partial charge on any atom is -0.443 e. The van der Waals surface area contributed by atoms with E-state index in [0.29, 0.717) is 17.1 Å². The summed E-state index contributed by atoms with van der Waals surface area (Å²) in [5.41, 5.74) is 1.19. The summed E-state index contributed by atoms with van der Waals surface area (Å²) in [5.74, 6) is -0.00733. The highest BCUT2D eigenvalue weighted by Crippen LogP contribution is 2.23. The molecule has 0 bridgehead atoms. The Balaban J connectivity index is 1.45. The average Bonchev–Trinajstić information content (AvgIpc) is 3.32. The van der Waals surface area contributed by atoms with Crippen LogP contribution in [0.1, 0.15) is 16.1 Å². The van der Waals surface area contributed by atoms with E-state index in [1.807, 2.05) is 22.9 Å². The lowest BCUT2D eigenvalue weighted by atomic mass is 10.3. The molecule has 0 saturated carbocycles. The van der Waals surface area contributed by atoms with Gasteiger partial charge in [-0.3, -0.25) is 9.59 Å². The maximum absolute atomic E-state index is 11.7. The number of amides is 2. The fraction of sp³-hybridized carbons (Fsp3) is 0.133. The van der Waals surface area contributed by atoms with Crippen LogP contribution in [0.3, 0.4) is 0 Å². The smallest absolute Gasteiger partial charge is 0.252 e. The summed E-state index contributed by atoms with van der Waals surface area (Å²) in [6.45, 7) is 0.173. The van der Waals surface area contributed by atoms with Crippen molar-refractivity contribution in [3.05, 3.63) is 51.9 Å². The molecule has 0 aliphatic carbocycles. The van der Waals surface area contributed by atoms with Gasteiger partial charge >= 0.3 is 0 Å². The molecule has 23 heavy (non-hydrogen) atoms. The topological polar surface area (TPSA) is 84.2 Å². The van der Waals surface area contributed by atoms with E-state index in [4.69, 9.17) is 4.42 Å².